The number of nitrogens with one attached hydrogen (secondary N) is 1. The molecule has 0 saturated heterocycles. The van der Waals surface area contributed by atoms with E-state index in [0.717, 1.165) is 62.7 Å². The van der Waals surface area contributed by atoms with Gasteiger partial charge in [-0.2, -0.15) is 0 Å². The Morgan fingerprint density at radius 3 is 2.27 bits per heavy atom. The van der Waals surface area contributed by atoms with Crippen LogP contribution in [-0.2, 0) is 9.59 Å². The first-order valence-electron chi connectivity index (χ1n) is 17.7. The fourth-order valence-electron chi connectivity index (χ4n) is 10.3. The lowest BCUT2D eigenvalue weighted by Gasteiger charge is -2.62. The third-order valence-corrected chi connectivity index (χ3v) is 12.7. The first kappa shape index (κ1) is 32.0. The van der Waals surface area contributed by atoms with E-state index in [0.29, 0.717) is 35.5 Å². The molecule has 4 heteroatoms. The van der Waals surface area contributed by atoms with Crippen molar-refractivity contribution in [1.82, 2.24) is 5.32 Å². The summed E-state index contributed by atoms with van der Waals surface area (Å²) in [5.74, 6) is 4.31. The van der Waals surface area contributed by atoms with Crippen molar-refractivity contribution in [1.29, 1.82) is 0 Å². The fourth-order valence-corrected chi connectivity index (χ4v) is 10.3. The zero-order chi connectivity index (χ0) is 28.8. The smallest absolute Gasteiger partial charge is 0.220 e. The fraction of sp³-hybridized carbons (Fsp3) is 0.944. The molecule has 0 aromatic heterocycles. The Bertz CT molecular complexity index is 827. The molecule has 4 aliphatic carbocycles. The second-order valence-corrected chi connectivity index (χ2v) is 15.3. The van der Waals surface area contributed by atoms with E-state index < -0.39 is 0 Å². The number of carbonyl (C=O) groups excluding carboxylic acids is 2. The van der Waals surface area contributed by atoms with Crippen LogP contribution in [0.3, 0.4) is 0 Å². The number of aliphatic hydroxyl groups excluding tert-OH is 1. The molecule has 40 heavy (non-hydrogen) atoms. The minimum absolute atomic E-state index is 0.107. The van der Waals surface area contributed by atoms with Crippen molar-refractivity contribution in [2.45, 2.75) is 175 Å². The van der Waals surface area contributed by atoms with Crippen molar-refractivity contribution in [3.8, 4) is 0 Å². The molecular formula is C36H63NO3. The van der Waals surface area contributed by atoms with Crippen molar-refractivity contribution in [2.75, 3.05) is 0 Å². The maximum absolute atomic E-state index is 12.5. The largest absolute Gasteiger partial charge is 0.393 e. The van der Waals surface area contributed by atoms with Gasteiger partial charge in [0.15, 0.2) is 0 Å². The molecule has 0 radical (unpaired) electrons. The van der Waals surface area contributed by atoms with E-state index in [-0.39, 0.29) is 17.4 Å². The molecule has 4 nitrogen and oxygen atoms in total. The maximum Gasteiger partial charge on any atom is 0.220 e. The van der Waals surface area contributed by atoms with Gasteiger partial charge in [0.25, 0.3) is 0 Å². The molecule has 0 aromatic carbocycles. The molecule has 0 bridgehead atoms. The number of rotatable bonds is 15. The van der Waals surface area contributed by atoms with Gasteiger partial charge in [-0.3, -0.25) is 9.59 Å². The highest BCUT2D eigenvalue weighted by Crippen LogP contribution is 2.67. The molecular weight excluding hydrogens is 494 g/mol. The molecule has 1 unspecified atom stereocenters. The van der Waals surface area contributed by atoms with Crippen molar-refractivity contribution in [3.63, 3.8) is 0 Å². The third kappa shape index (κ3) is 7.35. The van der Waals surface area contributed by atoms with Gasteiger partial charge in [0.05, 0.1) is 6.10 Å². The molecule has 0 spiro atoms. The lowest BCUT2D eigenvalue weighted by molar-refractivity contribution is -0.156. The van der Waals surface area contributed by atoms with E-state index in [1.54, 1.807) is 0 Å². The van der Waals surface area contributed by atoms with Crippen LogP contribution in [0.25, 0.3) is 0 Å². The van der Waals surface area contributed by atoms with Crippen LogP contribution >= 0.6 is 0 Å². The lowest BCUT2D eigenvalue weighted by Crippen LogP contribution is -2.57. The van der Waals surface area contributed by atoms with Crippen LogP contribution in [0.1, 0.15) is 163 Å². The van der Waals surface area contributed by atoms with Crippen molar-refractivity contribution < 1.29 is 14.7 Å². The minimum atomic E-state index is -0.107. The average molecular weight is 558 g/mol. The monoisotopic (exact) mass is 557 g/mol. The van der Waals surface area contributed by atoms with Gasteiger partial charge in [-0.15, -0.1) is 0 Å². The zero-order valence-corrected chi connectivity index (χ0v) is 26.7. The molecule has 9 atom stereocenters. The van der Waals surface area contributed by atoms with Crippen LogP contribution in [0.2, 0.25) is 0 Å². The Morgan fingerprint density at radius 2 is 1.57 bits per heavy atom. The molecule has 0 aromatic rings. The number of aliphatic hydroxyl groups is 1. The highest BCUT2D eigenvalue weighted by atomic mass is 16.3. The summed E-state index contributed by atoms with van der Waals surface area (Å²) >= 11 is 0. The number of ketones is 1. The highest BCUT2D eigenvalue weighted by molar-refractivity contribution is 5.79. The summed E-state index contributed by atoms with van der Waals surface area (Å²) < 4.78 is 0. The van der Waals surface area contributed by atoms with E-state index in [1.165, 1.54) is 83.5 Å². The summed E-state index contributed by atoms with van der Waals surface area (Å²) in [5.41, 5.74) is 0.478. The van der Waals surface area contributed by atoms with Crippen molar-refractivity contribution in [2.24, 2.45) is 40.4 Å². The minimum Gasteiger partial charge on any atom is -0.393 e. The van der Waals surface area contributed by atoms with Crippen LogP contribution in [0.4, 0.5) is 0 Å². The molecule has 4 rings (SSSR count). The number of amides is 1. The Balaban J connectivity index is 1.16. The van der Waals surface area contributed by atoms with Gasteiger partial charge in [-0.25, -0.2) is 0 Å². The van der Waals surface area contributed by atoms with Crippen molar-refractivity contribution >= 4 is 11.7 Å². The predicted octanol–water partition coefficient (Wildman–Crippen LogP) is 8.78. The Kier molecular flexibility index (Phi) is 11.6. The number of Topliss-reactive ketones (excluding diaryl/α,β-unsaturated/α-hetero) is 1. The lowest BCUT2D eigenvalue weighted by atomic mass is 9.42. The van der Waals surface area contributed by atoms with Gasteiger partial charge >= 0.3 is 0 Å². The van der Waals surface area contributed by atoms with E-state index in [1.807, 2.05) is 0 Å². The molecule has 0 aliphatic heterocycles. The van der Waals surface area contributed by atoms with E-state index >= 15 is 0 Å². The van der Waals surface area contributed by atoms with E-state index in [9.17, 15) is 14.7 Å². The quantitative estimate of drug-likeness (QED) is 0.198. The number of fused-ring (bicyclic) bond motifs is 5. The molecule has 4 saturated carbocycles. The van der Waals surface area contributed by atoms with Gasteiger partial charge < -0.3 is 10.4 Å². The summed E-state index contributed by atoms with van der Waals surface area (Å²) in [6.45, 7) is 9.23. The first-order chi connectivity index (χ1) is 19.2. The van der Waals surface area contributed by atoms with Gasteiger partial charge in [-0.1, -0.05) is 85.0 Å². The zero-order valence-electron chi connectivity index (χ0n) is 26.7. The summed E-state index contributed by atoms with van der Waals surface area (Å²) in [6, 6.07) is 0.312. The highest BCUT2D eigenvalue weighted by Gasteiger charge is 2.62. The predicted molar refractivity (Wildman–Crippen MR) is 165 cm³/mol. The SMILES string of the molecule is CCCC(C)NC(=O)CCCCCCCCCCC[C@@H]1C[C@H]2CC(=O)CC[C@]2(C)[C@H]2CC[C@]3(C)[C@@H](O)CC[C@H]3[C@H]12. The normalized spacial score (nSPS) is 37.9. The maximum atomic E-state index is 12.5. The standard InChI is InChI=1S/C36H63NO3/c1-5-15-26(2)37-33(40)17-14-12-10-8-6-7-9-11-13-16-27-24-28-25-29(38)20-22-35(28,3)31-21-23-36(4)30(34(27)31)18-19-32(36)39/h26-28,30-32,34,39H,5-25H2,1-4H3,(H,37,40)/t26?,27-,28+,30+,31+,32+,34+,35+,36+/m1/s1. The molecule has 4 fully saturated rings. The molecule has 1 amide bonds. The summed E-state index contributed by atoms with van der Waals surface area (Å²) in [7, 11) is 0. The van der Waals surface area contributed by atoms with Gasteiger partial charge in [-0.05, 0) is 98.7 Å². The van der Waals surface area contributed by atoms with E-state index in [4.69, 9.17) is 0 Å². The van der Waals surface area contributed by atoms with Crippen LogP contribution in [-0.4, -0.2) is 28.9 Å². The van der Waals surface area contributed by atoms with Crippen LogP contribution < -0.4 is 5.32 Å². The second-order valence-electron chi connectivity index (χ2n) is 15.3. The second kappa shape index (κ2) is 14.5. The molecule has 230 valence electrons. The average Bonchev–Trinajstić information content (AvgIpc) is 3.22. The number of unbranched alkanes of at least 4 members (excludes halogenated alkanes) is 8. The van der Waals surface area contributed by atoms with Crippen LogP contribution in [0, 0.1) is 40.4 Å². The molecule has 4 aliphatic rings. The third-order valence-electron chi connectivity index (χ3n) is 12.7. The van der Waals surface area contributed by atoms with Gasteiger partial charge in [0.1, 0.15) is 5.78 Å². The Morgan fingerprint density at radius 1 is 0.925 bits per heavy atom. The molecule has 0 heterocycles. The van der Waals surface area contributed by atoms with Gasteiger partial charge in [0.2, 0.25) is 5.91 Å². The topological polar surface area (TPSA) is 66.4 Å². The number of hydrogen-bond acceptors (Lipinski definition) is 3. The summed E-state index contributed by atoms with van der Waals surface area (Å²) in [6.07, 6.45) is 24.3. The van der Waals surface area contributed by atoms with Crippen LogP contribution in [0.15, 0.2) is 0 Å². The Labute approximate surface area is 246 Å². The summed E-state index contributed by atoms with van der Waals surface area (Å²) in [4.78, 5) is 24.5. The first-order valence-corrected chi connectivity index (χ1v) is 17.7. The van der Waals surface area contributed by atoms with Gasteiger partial charge in [0, 0.05) is 25.3 Å². The van der Waals surface area contributed by atoms with Crippen LogP contribution in [0.5, 0.6) is 0 Å². The van der Waals surface area contributed by atoms with E-state index in [2.05, 4.69) is 33.0 Å². The number of carbonyl (C=O) groups is 2. The molecule has 2 N–H and O–H groups in total. The number of hydrogen-bond donors (Lipinski definition) is 2. The van der Waals surface area contributed by atoms with Crippen molar-refractivity contribution in [3.05, 3.63) is 0 Å². The Hall–Kier alpha value is -0.900. The summed E-state index contributed by atoms with van der Waals surface area (Å²) in [5, 5.41) is 14.1.